The average molecular weight is 368 g/mol. The Morgan fingerprint density at radius 2 is 2.19 bits per heavy atom. The summed E-state index contributed by atoms with van der Waals surface area (Å²) in [4.78, 5) is 4.10. The molecule has 1 aromatic heterocycles. The van der Waals surface area contributed by atoms with Crippen molar-refractivity contribution in [1.29, 1.82) is 0 Å². The zero-order valence-corrected chi connectivity index (χ0v) is 12.0. The van der Waals surface area contributed by atoms with E-state index in [2.05, 4.69) is 27.6 Å². The first-order valence-corrected chi connectivity index (χ1v) is 6.52. The lowest BCUT2D eigenvalue weighted by Gasteiger charge is -1.99. The van der Waals surface area contributed by atoms with Gasteiger partial charge in [0.2, 0.25) is 5.89 Å². The second-order valence-corrected chi connectivity index (χ2v) is 5.53. The minimum atomic E-state index is -0.229. The van der Waals surface area contributed by atoms with Gasteiger partial charge in [0.05, 0.1) is 11.2 Å². The molecule has 1 unspecified atom stereocenters. The molecule has 0 spiro atoms. The van der Waals surface area contributed by atoms with Gasteiger partial charge < -0.3 is 4.42 Å². The Labute approximate surface area is 117 Å². The van der Waals surface area contributed by atoms with E-state index in [1.807, 2.05) is 25.1 Å². The molecule has 0 amide bonds. The highest BCUT2D eigenvalue weighted by molar-refractivity contribution is 14.1. The first-order valence-electron chi connectivity index (χ1n) is 4.63. The third-order valence-electron chi connectivity index (χ3n) is 2.07. The number of hydrogen-bond donors (Lipinski definition) is 0. The van der Waals surface area contributed by atoms with Crippen LogP contribution >= 0.6 is 45.8 Å². The van der Waals surface area contributed by atoms with Gasteiger partial charge in [0.25, 0.3) is 0 Å². The predicted octanol–water partition coefficient (Wildman–Crippen LogP) is 4.90. The van der Waals surface area contributed by atoms with Crippen LogP contribution in [0.5, 0.6) is 0 Å². The fraction of sp³-hybridized carbons (Fsp3) is 0.182. The van der Waals surface area contributed by atoms with Gasteiger partial charge in [-0.3, -0.25) is 0 Å². The van der Waals surface area contributed by atoms with E-state index >= 15 is 0 Å². The summed E-state index contributed by atoms with van der Waals surface area (Å²) in [6.45, 7) is 1.82. The highest BCUT2D eigenvalue weighted by Crippen LogP contribution is 2.29. The number of nitrogens with zero attached hydrogens (tertiary/aromatic N) is 1. The molecule has 0 aliphatic rings. The van der Waals surface area contributed by atoms with Crippen LogP contribution in [0.4, 0.5) is 0 Å². The molecule has 2 aromatic rings. The Balaban J connectivity index is 2.39. The first kappa shape index (κ1) is 12.2. The zero-order chi connectivity index (χ0) is 11.7. The van der Waals surface area contributed by atoms with Crippen LogP contribution < -0.4 is 0 Å². The molecule has 5 heteroatoms. The van der Waals surface area contributed by atoms with Crippen molar-refractivity contribution in [3.05, 3.63) is 38.9 Å². The monoisotopic (exact) mass is 367 g/mol. The van der Waals surface area contributed by atoms with Crippen molar-refractivity contribution >= 4 is 45.8 Å². The molecule has 2 nitrogen and oxygen atoms in total. The second kappa shape index (κ2) is 4.94. The summed E-state index contributed by atoms with van der Waals surface area (Å²) in [7, 11) is 0. The van der Waals surface area contributed by atoms with Crippen LogP contribution in [0.15, 0.2) is 28.8 Å². The average Bonchev–Trinajstić information content (AvgIpc) is 2.71. The molecule has 0 saturated heterocycles. The smallest absolute Gasteiger partial charge is 0.212 e. The standard InChI is InChI=1S/C11H8Cl2INO/c1-6(12)11-15-5-10(16-11)7-2-3-9(14)8(13)4-7/h2-6H,1H3. The molecule has 2 rings (SSSR count). The largest absolute Gasteiger partial charge is 0.439 e. The minimum absolute atomic E-state index is 0.229. The van der Waals surface area contributed by atoms with E-state index in [4.69, 9.17) is 27.6 Å². The predicted molar refractivity (Wildman–Crippen MR) is 73.9 cm³/mol. The van der Waals surface area contributed by atoms with Gasteiger partial charge in [-0.1, -0.05) is 17.7 Å². The molecule has 0 N–H and O–H groups in total. The number of halogens is 3. The molecule has 0 saturated carbocycles. The van der Waals surface area contributed by atoms with Gasteiger partial charge in [0, 0.05) is 9.13 Å². The van der Waals surface area contributed by atoms with Gasteiger partial charge in [-0.15, -0.1) is 11.6 Å². The second-order valence-electron chi connectivity index (χ2n) is 3.31. The summed E-state index contributed by atoms with van der Waals surface area (Å²) in [5, 5.41) is 0.475. The number of rotatable bonds is 2. The van der Waals surface area contributed by atoms with Gasteiger partial charge >= 0.3 is 0 Å². The number of aromatic nitrogens is 1. The third-order valence-corrected chi connectivity index (χ3v) is 3.83. The van der Waals surface area contributed by atoms with Gasteiger partial charge in [0.15, 0.2) is 5.76 Å². The molecule has 0 aliphatic carbocycles. The Morgan fingerprint density at radius 3 is 2.75 bits per heavy atom. The maximum Gasteiger partial charge on any atom is 0.212 e. The van der Waals surface area contributed by atoms with Gasteiger partial charge in [-0.05, 0) is 41.6 Å². The summed E-state index contributed by atoms with van der Waals surface area (Å²) < 4.78 is 6.53. The van der Waals surface area contributed by atoms with Crippen molar-refractivity contribution in [2.45, 2.75) is 12.3 Å². The minimum Gasteiger partial charge on any atom is -0.439 e. The Hall–Kier alpha value is -0.260. The molecule has 1 atom stereocenters. The molecule has 16 heavy (non-hydrogen) atoms. The van der Waals surface area contributed by atoms with Gasteiger partial charge in [-0.2, -0.15) is 0 Å². The van der Waals surface area contributed by atoms with Crippen LogP contribution in [0.2, 0.25) is 5.02 Å². The first-order chi connectivity index (χ1) is 7.58. The highest BCUT2D eigenvalue weighted by Gasteiger charge is 2.11. The Kier molecular flexibility index (Phi) is 3.77. The third kappa shape index (κ3) is 2.52. The van der Waals surface area contributed by atoms with E-state index < -0.39 is 0 Å². The van der Waals surface area contributed by atoms with Crippen LogP contribution in [-0.4, -0.2) is 4.98 Å². The van der Waals surface area contributed by atoms with Crippen LogP contribution in [0.3, 0.4) is 0 Å². The molecule has 1 aromatic carbocycles. The zero-order valence-electron chi connectivity index (χ0n) is 8.38. The number of alkyl halides is 1. The van der Waals surface area contributed by atoms with E-state index in [0.29, 0.717) is 16.7 Å². The quantitative estimate of drug-likeness (QED) is 0.557. The van der Waals surface area contributed by atoms with Gasteiger partial charge in [-0.25, -0.2) is 4.98 Å². The number of benzene rings is 1. The molecule has 0 aliphatic heterocycles. The van der Waals surface area contributed by atoms with Crippen molar-refractivity contribution < 1.29 is 4.42 Å². The lowest BCUT2D eigenvalue weighted by atomic mass is 10.2. The summed E-state index contributed by atoms with van der Waals surface area (Å²) >= 11 is 14.1. The normalized spacial score (nSPS) is 12.8. The molecule has 0 radical (unpaired) electrons. The van der Waals surface area contributed by atoms with Crippen molar-refractivity contribution in [1.82, 2.24) is 4.98 Å². The van der Waals surface area contributed by atoms with Crippen LogP contribution in [-0.2, 0) is 0 Å². The molecular weight excluding hydrogens is 360 g/mol. The van der Waals surface area contributed by atoms with Crippen molar-refractivity contribution in [3.63, 3.8) is 0 Å². The number of oxazole rings is 1. The van der Waals surface area contributed by atoms with E-state index in [0.717, 1.165) is 9.13 Å². The molecule has 0 fully saturated rings. The fourth-order valence-electron chi connectivity index (χ4n) is 1.25. The van der Waals surface area contributed by atoms with Gasteiger partial charge in [0.1, 0.15) is 5.38 Å². The maximum absolute atomic E-state index is 6.04. The van der Waals surface area contributed by atoms with Crippen LogP contribution in [0.1, 0.15) is 18.2 Å². The molecule has 0 bridgehead atoms. The fourth-order valence-corrected chi connectivity index (χ4v) is 1.87. The van der Waals surface area contributed by atoms with Crippen molar-refractivity contribution in [2.24, 2.45) is 0 Å². The summed E-state index contributed by atoms with van der Waals surface area (Å²) in [5.41, 5.74) is 0.904. The SMILES string of the molecule is CC(Cl)c1ncc(-c2ccc(I)c(Cl)c2)o1. The molecular formula is C11H8Cl2INO. The molecule has 84 valence electrons. The van der Waals surface area contributed by atoms with Crippen LogP contribution in [0, 0.1) is 3.57 Å². The summed E-state index contributed by atoms with van der Waals surface area (Å²) in [6, 6.07) is 5.73. The van der Waals surface area contributed by atoms with Crippen molar-refractivity contribution in [2.75, 3.05) is 0 Å². The Bertz CT molecular complexity index is 510. The highest BCUT2D eigenvalue weighted by atomic mass is 127. The van der Waals surface area contributed by atoms with E-state index in [9.17, 15) is 0 Å². The lowest BCUT2D eigenvalue weighted by Crippen LogP contribution is -1.81. The summed E-state index contributed by atoms with van der Waals surface area (Å²) in [6.07, 6.45) is 1.66. The Morgan fingerprint density at radius 1 is 1.44 bits per heavy atom. The lowest BCUT2D eigenvalue weighted by molar-refractivity contribution is 0.508. The van der Waals surface area contributed by atoms with Crippen LogP contribution in [0.25, 0.3) is 11.3 Å². The maximum atomic E-state index is 6.04. The summed E-state index contributed by atoms with van der Waals surface area (Å²) in [5.74, 6) is 1.20. The topological polar surface area (TPSA) is 26.0 Å². The van der Waals surface area contributed by atoms with E-state index in [1.54, 1.807) is 6.20 Å². The van der Waals surface area contributed by atoms with E-state index in [1.165, 1.54) is 0 Å². The van der Waals surface area contributed by atoms with E-state index in [-0.39, 0.29) is 5.38 Å². The van der Waals surface area contributed by atoms with Crippen molar-refractivity contribution in [3.8, 4) is 11.3 Å². The molecule has 1 heterocycles. The number of hydrogen-bond acceptors (Lipinski definition) is 2.